The van der Waals surface area contributed by atoms with E-state index in [1.165, 1.54) is 9.87 Å². The fourth-order valence-electron chi connectivity index (χ4n) is 2.51. The Kier molecular flexibility index (Phi) is 5.17. The van der Waals surface area contributed by atoms with Gasteiger partial charge in [-0.15, -0.1) is 0 Å². The van der Waals surface area contributed by atoms with Gasteiger partial charge in [0.1, 0.15) is 0 Å². The minimum Gasteiger partial charge on any atom is -0.481 e. The quantitative estimate of drug-likeness (QED) is 0.872. The van der Waals surface area contributed by atoms with Gasteiger partial charge in [0.25, 0.3) is 0 Å². The predicted molar refractivity (Wildman–Crippen MR) is 78.5 cm³/mol. The molecule has 0 radical (unpaired) electrons. The van der Waals surface area contributed by atoms with E-state index in [2.05, 4.69) is 11.4 Å². The molecule has 2 heterocycles. The molecule has 0 spiro atoms. The number of piperidine rings is 1. The lowest BCUT2D eigenvalue weighted by Crippen LogP contribution is -2.39. The van der Waals surface area contributed by atoms with Crippen LogP contribution in [-0.2, 0) is 14.8 Å². The van der Waals surface area contributed by atoms with Crippen LogP contribution in [-0.4, -0.2) is 42.6 Å². The van der Waals surface area contributed by atoms with Gasteiger partial charge in [0, 0.05) is 19.5 Å². The third-order valence-corrected chi connectivity index (χ3v) is 6.31. The number of aliphatic carboxylic acids is 1. The topological polar surface area (TPSA) is 74.7 Å². The van der Waals surface area contributed by atoms with Gasteiger partial charge in [0.05, 0.1) is 5.75 Å². The molecule has 0 unspecified atom stereocenters. The Morgan fingerprint density at radius 3 is 2.65 bits per heavy atom. The highest BCUT2D eigenvalue weighted by Crippen LogP contribution is 2.30. The van der Waals surface area contributed by atoms with Crippen LogP contribution in [0.4, 0.5) is 0 Å². The van der Waals surface area contributed by atoms with E-state index in [0.717, 1.165) is 12.8 Å². The minimum atomic E-state index is -3.30. The van der Waals surface area contributed by atoms with Gasteiger partial charge in [-0.2, -0.15) is 11.3 Å². The smallest absolute Gasteiger partial charge is 0.303 e. The first-order valence-electron chi connectivity index (χ1n) is 6.71. The number of nitrogens with zero attached hydrogens (tertiary/aromatic N) is 1. The lowest BCUT2D eigenvalue weighted by molar-refractivity contribution is -0.137. The van der Waals surface area contributed by atoms with E-state index in [-0.39, 0.29) is 18.6 Å². The maximum absolute atomic E-state index is 12.1. The van der Waals surface area contributed by atoms with Crippen molar-refractivity contribution in [1.82, 2.24) is 4.31 Å². The van der Waals surface area contributed by atoms with E-state index in [4.69, 9.17) is 5.11 Å². The molecule has 112 valence electrons. The summed E-state index contributed by atoms with van der Waals surface area (Å²) in [6, 6.07) is 2.10. The van der Waals surface area contributed by atoms with Crippen LogP contribution in [0.1, 0.15) is 37.2 Å². The number of carboxylic acids is 1. The summed E-state index contributed by atoms with van der Waals surface area (Å²) in [7, 11) is -3.30. The zero-order chi connectivity index (χ0) is 14.6. The first kappa shape index (κ1) is 15.5. The maximum Gasteiger partial charge on any atom is 0.303 e. The van der Waals surface area contributed by atoms with Gasteiger partial charge in [0.15, 0.2) is 0 Å². The van der Waals surface area contributed by atoms with Crippen molar-refractivity contribution in [2.45, 2.75) is 31.6 Å². The van der Waals surface area contributed by atoms with Crippen molar-refractivity contribution in [2.75, 3.05) is 18.8 Å². The van der Waals surface area contributed by atoms with E-state index in [0.29, 0.717) is 19.0 Å². The molecule has 0 aromatic carbocycles. The van der Waals surface area contributed by atoms with Crippen molar-refractivity contribution in [2.24, 2.45) is 0 Å². The fourth-order valence-corrected chi connectivity index (χ4v) is 4.79. The van der Waals surface area contributed by atoms with Crippen LogP contribution in [0.25, 0.3) is 0 Å². The van der Waals surface area contributed by atoms with Crippen LogP contribution in [0.5, 0.6) is 0 Å². The Hall–Kier alpha value is -0.920. The minimum absolute atomic E-state index is 0.0670. The second-order valence-corrected chi connectivity index (χ2v) is 7.91. The van der Waals surface area contributed by atoms with Gasteiger partial charge in [-0.1, -0.05) is 0 Å². The molecule has 0 amide bonds. The zero-order valence-corrected chi connectivity index (χ0v) is 12.8. The van der Waals surface area contributed by atoms with Gasteiger partial charge in [0.2, 0.25) is 10.0 Å². The van der Waals surface area contributed by atoms with Crippen LogP contribution >= 0.6 is 11.3 Å². The van der Waals surface area contributed by atoms with Crippen LogP contribution in [0, 0.1) is 0 Å². The number of hydrogen-bond acceptors (Lipinski definition) is 4. The fraction of sp³-hybridized carbons (Fsp3) is 0.615. The number of carboxylic acid groups (broad SMARTS) is 1. The summed E-state index contributed by atoms with van der Waals surface area (Å²) in [5, 5.41) is 12.7. The van der Waals surface area contributed by atoms with Crippen molar-refractivity contribution in [3.05, 3.63) is 22.4 Å². The molecule has 1 saturated heterocycles. The average Bonchev–Trinajstić information content (AvgIpc) is 2.92. The average molecular weight is 317 g/mol. The molecule has 1 aromatic heterocycles. The molecular weight excluding hydrogens is 298 g/mol. The van der Waals surface area contributed by atoms with Crippen molar-refractivity contribution in [3.63, 3.8) is 0 Å². The van der Waals surface area contributed by atoms with E-state index >= 15 is 0 Å². The first-order valence-corrected chi connectivity index (χ1v) is 9.26. The zero-order valence-electron chi connectivity index (χ0n) is 11.2. The summed E-state index contributed by atoms with van der Waals surface area (Å²) in [6.07, 6.45) is 1.77. The summed E-state index contributed by atoms with van der Waals surface area (Å²) in [4.78, 5) is 10.4. The SMILES string of the molecule is O=C(O)CCCS(=O)(=O)N1CCC(c2ccsc2)CC1. The highest BCUT2D eigenvalue weighted by atomic mass is 32.2. The largest absolute Gasteiger partial charge is 0.481 e. The standard InChI is InChI=1S/C13H19NO4S2/c15-13(16)2-1-9-20(17,18)14-6-3-11(4-7-14)12-5-8-19-10-12/h5,8,10-11H,1-4,6-7,9H2,(H,15,16). The Bertz CT molecular complexity index is 531. The van der Waals surface area contributed by atoms with Gasteiger partial charge < -0.3 is 5.11 Å². The molecule has 0 bridgehead atoms. The van der Waals surface area contributed by atoms with Gasteiger partial charge in [-0.25, -0.2) is 12.7 Å². The number of hydrogen-bond donors (Lipinski definition) is 1. The second-order valence-electron chi connectivity index (χ2n) is 5.04. The van der Waals surface area contributed by atoms with E-state index in [1.54, 1.807) is 11.3 Å². The van der Waals surface area contributed by atoms with E-state index < -0.39 is 16.0 Å². The van der Waals surface area contributed by atoms with Crippen molar-refractivity contribution in [1.29, 1.82) is 0 Å². The molecule has 20 heavy (non-hydrogen) atoms. The summed E-state index contributed by atoms with van der Waals surface area (Å²) < 4.78 is 25.7. The Morgan fingerprint density at radius 1 is 1.40 bits per heavy atom. The molecule has 1 N–H and O–H groups in total. The Morgan fingerprint density at radius 2 is 2.10 bits per heavy atom. The van der Waals surface area contributed by atoms with Crippen LogP contribution < -0.4 is 0 Å². The highest BCUT2D eigenvalue weighted by molar-refractivity contribution is 7.89. The number of rotatable bonds is 6. The molecule has 1 fully saturated rings. The summed E-state index contributed by atoms with van der Waals surface area (Å²) >= 11 is 1.67. The first-order chi connectivity index (χ1) is 9.49. The van der Waals surface area contributed by atoms with Gasteiger partial charge in [-0.3, -0.25) is 4.79 Å². The molecule has 0 saturated carbocycles. The van der Waals surface area contributed by atoms with E-state index in [9.17, 15) is 13.2 Å². The molecule has 0 aliphatic carbocycles. The summed E-state index contributed by atoms with van der Waals surface area (Å²) in [6.45, 7) is 1.08. The molecular formula is C13H19NO4S2. The number of sulfonamides is 1. The van der Waals surface area contributed by atoms with Crippen molar-refractivity contribution < 1.29 is 18.3 Å². The predicted octanol–water partition coefficient (Wildman–Crippen LogP) is 2.12. The highest BCUT2D eigenvalue weighted by Gasteiger charge is 2.28. The molecule has 1 aliphatic rings. The molecule has 1 aliphatic heterocycles. The Labute approximate surface area is 123 Å². The van der Waals surface area contributed by atoms with Crippen LogP contribution in [0.3, 0.4) is 0 Å². The third kappa shape index (κ3) is 4.04. The summed E-state index contributed by atoms with van der Waals surface area (Å²) in [5.41, 5.74) is 1.30. The lowest BCUT2D eigenvalue weighted by Gasteiger charge is -2.31. The van der Waals surface area contributed by atoms with Crippen molar-refractivity contribution in [3.8, 4) is 0 Å². The maximum atomic E-state index is 12.1. The normalized spacial score (nSPS) is 18.2. The molecule has 7 heteroatoms. The second kappa shape index (κ2) is 6.69. The van der Waals surface area contributed by atoms with Gasteiger partial charge in [-0.05, 0) is 47.6 Å². The molecule has 1 aromatic rings. The third-order valence-electron chi connectivity index (χ3n) is 3.65. The van der Waals surface area contributed by atoms with Crippen LogP contribution in [0.2, 0.25) is 0 Å². The molecule has 0 atom stereocenters. The summed E-state index contributed by atoms with van der Waals surface area (Å²) in [5.74, 6) is -0.564. The number of carbonyl (C=O) groups is 1. The van der Waals surface area contributed by atoms with E-state index in [1.807, 2.05) is 5.38 Å². The van der Waals surface area contributed by atoms with Crippen LogP contribution in [0.15, 0.2) is 16.8 Å². The molecule has 5 nitrogen and oxygen atoms in total. The lowest BCUT2D eigenvalue weighted by atomic mass is 9.92. The molecule has 2 rings (SSSR count). The Balaban J connectivity index is 1.84. The monoisotopic (exact) mass is 317 g/mol. The van der Waals surface area contributed by atoms with Gasteiger partial charge >= 0.3 is 5.97 Å². The number of thiophene rings is 1. The van der Waals surface area contributed by atoms with Crippen molar-refractivity contribution >= 4 is 27.3 Å².